The van der Waals surface area contributed by atoms with E-state index in [0.29, 0.717) is 22.1 Å². The van der Waals surface area contributed by atoms with Crippen molar-refractivity contribution in [3.05, 3.63) is 120 Å². The summed E-state index contributed by atoms with van der Waals surface area (Å²) in [6, 6.07) is 34.9. The monoisotopic (exact) mass is 925 g/mol. The van der Waals surface area contributed by atoms with Crippen molar-refractivity contribution in [3.63, 3.8) is 0 Å². The third kappa shape index (κ3) is 16.7. The van der Waals surface area contributed by atoms with Crippen molar-refractivity contribution < 1.29 is 33.3 Å². The molecule has 4 aliphatic rings. The van der Waals surface area contributed by atoms with E-state index in [1.54, 1.807) is 18.2 Å². The van der Waals surface area contributed by atoms with Crippen molar-refractivity contribution in [3.8, 4) is 23.0 Å². The van der Waals surface area contributed by atoms with Gasteiger partial charge in [0.2, 0.25) is 0 Å². The minimum absolute atomic E-state index is 0. The van der Waals surface area contributed by atoms with Crippen LogP contribution in [0.5, 0.6) is 23.0 Å². The lowest BCUT2D eigenvalue weighted by molar-refractivity contribution is -0.00323. The first-order chi connectivity index (χ1) is 31.1. The van der Waals surface area contributed by atoms with Gasteiger partial charge >= 0.3 is 12.2 Å². The second-order valence-electron chi connectivity index (χ2n) is 20.1. The smallest absolute Gasteiger partial charge is 0.410 e. The van der Waals surface area contributed by atoms with Crippen LogP contribution in [0.2, 0.25) is 0 Å². The Bertz CT molecular complexity index is 2090. The summed E-state index contributed by atoms with van der Waals surface area (Å²) in [5.41, 5.74) is 1.96. The Labute approximate surface area is 399 Å². The average Bonchev–Trinajstić information content (AvgIpc) is 3.28. The van der Waals surface area contributed by atoms with Gasteiger partial charge in [0.25, 0.3) is 0 Å². The molecule has 4 heterocycles. The average molecular weight is 926 g/mol. The van der Waals surface area contributed by atoms with Crippen LogP contribution in [0.1, 0.15) is 109 Å². The Kier molecular flexibility index (Phi) is 18.9. The summed E-state index contributed by atoms with van der Waals surface area (Å²) in [6.07, 6.45) is 9.85. The van der Waals surface area contributed by atoms with Gasteiger partial charge in [0.1, 0.15) is 40.5 Å². The number of nitrogens with zero attached hydrogens (tertiary/aromatic N) is 3. The third-order valence-corrected chi connectivity index (χ3v) is 12.8. The predicted octanol–water partition coefficient (Wildman–Crippen LogP) is 12.2. The highest BCUT2D eigenvalue weighted by atomic mass is 35.5. The van der Waals surface area contributed by atoms with E-state index in [9.17, 15) is 14.4 Å². The lowest BCUT2D eigenvalue weighted by atomic mass is 9.71. The minimum Gasteiger partial charge on any atom is -0.457 e. The molecule has 0 aliphatic carbocycles. The van der Waals surface area contributed by atoms with Gasteiger partial charge in [-0.25, -0.2) is 9.59 Å². The van der Waals surface area contributed by atoms with Gasteiger partial charge in [-0.3, -0.25) is 9.69 Å². The highest BCUT2D eigenvalue weighted by Gasteiger charge is 2.40. The molecular formula is C54H73ClN4O7. The fourth-order valence-electron chi connectivity index (χ4n) is 8.99. The van der Waals surface area contributed by atoms with E-state index >= 15 is 0 Å². The molecule has 0 radical (unpaired) electrons. The molecular weight excluding hydrogens is 852 g/mol. The van der Waals surface area contributed by atoms with Crippen molar-refractivity contribution in [2.24, 2.45) is 10.8 Å². The molecule has 11 nitrogen and oxygen atoms in total. The van der Waals surface area contributed by atoms with Gasteiger partial charge < -0.3 is 34.1 Å². The van der Waals surface area contributed by atoms with Gasteiger partial charge in [0, 0.05) is 38.3 Å². The number of rotatable bonds is 7. The van der Waals surface area contributed by atoms with Gasteiger partial charge in [0.15, 0.2) is 0 Å². The van der Waals surface area contributed by atoms with Gasteiger partial charge in [-0.2, -0.15) is 0 Å². The number of para-hydroxylation sites is 2. The Balaban J connectivity index is 0.000000203. The van der Waals surface area contributed by atoms with E-state index in [4.69, 9.17) is 18.9 Å². The van der Waals surface area contributed by atoms with Gasteiger partial charge in [-0.15, -0.1) is 12.4 Å². The SMILES string of the molecule is CC(C)(C)OC(=O)N1CCC2(CCN(Cc3cccc(Oc4ccccc4)c3)CC2)CC1.CC(C)(C)OC(=O)N1CCC2(CCNCC2)CC1.Cl.O=Cc1cccc(Oc2ccccc2)c1. The molecule has 0 unspecified atom stereocenters. The number of amides is 2. The molecule has 4 aliphatic heterocycles. The zero-order chi connectivity index (χ0) is 46.3. The molecule has 4 aromatic rings. The summed E-state index contributed by atoms with van der Waals surface area (Å²) >= 11 is 0. The Hall–Kier alpha value is -5.10. The molecule has 66 heavy (non-hydrogen) atoms. The number of benzene rings is 4. The van der Waals surface area contributed by atoms with Crippen LogP contribution in [0.4, 0.5) is 9.59 Å². The van der Waals surface area contributed by atoms with Gasteiger partial charge in [0.05, 0.1) is 0 Å². The van der Waals surface area contributed by atoms with Crippen molar-refractivity contribution >= 4 is 30.9 Å². The maximum atomic E-state index is 12.4. The molecule has 2 amide bonds. The number of nitrogens with one attached hydrogen (secondary N) is 1. The molecule has 1 N–H and O–H groups in total. The highest BCUT2D eigenvalue weighted by Crippen LogP contribution is 2.42. The van der Waals surface area contributed by atoms with Crippen molar-refractivity contribution in [2.75, 3.05) is 52.4 Å². The van der Waals surface area contributed by atoms with E-state index in [0.717, 1.165) is 108 Å². The normalized spacial score (nSPS) is 18.0. The van der Waals surface area contributed by atoms with Crippen molar-refractivity contribution in [2.45, 2.75) is 111 Å². The lowest BCUT2D eigenvalue weighted by Gasteiger charge is -2.46. The van der Waals surface area contributed by atoms with Gasteiger partial charge in [-0.05, 0) is 184 Å². The number of piperidine rings is 4. The summed E-state index contributed by atoms with van der Waals surface area (Å²) < 4.78 is 22.5. The number of halogens is 1. The van der Waals surface area contributed by atoms with E-state index in [1.165, 1.54) is 31.2 Å². The summed E-state index contributed by atoms with van der Waals surface area (Å²) in [4.78, 5) is 41.2. The fraction of sp³-hybridized carbons (Fsp3) is 0.500. The summed E-state index contributed by atoms with van der Waals surface area (Å²) in [6.45, 7) is 20.3. The number of carbonyl (C=O) groups is 3. The molecule has 4 fully saturated rings. The molecule has 12 heteroatoms. The number of ether oxygens (including phenoxy) is 4. The van der Waals surface area contributed by atoms with E-state index in [1.807, 2.05) is 124 Å². The summed E-state index contributed by atoms with van der Waals surface area (Å²) in [5.74, 6) is 3.19. The molecule has 0 saturated carbocycles. The predicted molar refractivity (Wildman–Crippen MR) is 264 cm³/mol. The van der Waals surface area contributed by atoms with E-state index < -0.39 is 5.60 Å². The van der Waals surface area contributed by atoms with Crippen LogP contribution in [0.3, 0.4) is 0 Å². The van der Waals surface area contributed by atoms with Crippen LogP contribution in [-0.2, 0) is 16.0 Å². The number of likely N-dealkylation sites (tertiary alicyclic amines) is 3. The highest BCUT2D eigenvalue weighted by molar-refractivity contribution is 5.85. The molecule has 8 rings (SSSR count). The standard InChI is InChI=1S/C27H36N2O3.C14H26N2O2.C13H10O2.ClH/c1-26(2,3)32-25(30)29-18-14-27(15-19-29)12-16-28(17-13-27)21-22-8-7-11-24(20-22)31-23-9-5-4-6-10-23;1-13(2,3)18-12(17)16-10-6-14(7-11-16)4-8-15-9-5-14;14-10-11-5-4-8-13(9-11)15-12-6-2-1-3-7-12;/h4-11,20H,12-19,21H2,1-3H3;15H,4-11H2,1-3H3;1-10H;1H. The molecule has 0 atom stereocenters. The molecule has 4 aromatic carbocycles. The van der Waals surface area contributed by atoms with Crippen LogP contribution in [0.25, 0.3) is 0 Å². The topological polar surface area (TPSA) is 110 Å². The van der Waals surface area contributed by atoms with Crippen molar-refractivity contribution in [1.82, 2.24) is 20.0 Å². The molecule has 2 spiro atoms. The molecule has 0 bridgehead atoms. The van der Waals surface area contributed by atoms with Crippen molar-refractivity contribution in [1.29, 1.82) is 0 Å². The van der Waals surface area contributed by atoms with Crippen LogP contribution >= 0.6 is 12.4 Å². The van der Waals surface area contributed by atoms with Crippen LogP contribution in [-0.4, -0.2) is 96.7 Å². The summed E-state index contributed by atoms with van der Waals surface area (Å²) in [5, 5.41) is 3.42. The number of carbonyl (C=O) groups excluding carboxylic acids is 3. The van der Waals surface area contributed by atoms with Crippen LogP contribution in [0.15, 0.2) is 109 Å². The maximum absolute atomic E-state index is 12.4. The largest absolute Gasteiger partial charge is 0.457 e. The number of aldehydes is 1. The molecule has 4 saturated heterocycles. The first kappa shape index (κ1) is 51.9. The Morgan fingerprint density at radius 1 is 0.545 bits per heavy atom. The van der Waals surface area contributed by atoms with E-state index in [-0.39, 0.29) is 30.2 Å². The zero-order valence-electron chi connectivity index (χ0n) is 40.1. The number of hydrogen-bond acceptors (Lipinski definition) is 9. The Morgan fingerprint density at radius 3 is 1.41 bits per heavy atom. The Morgan fingerprint density at radius 2 is 0.955 bits per heavy atom. The second-order valence-corrected chi connectivity index (χ2v) is 20.1. The maximum Gasteiger partial charge on any atom is 0.410 e. The van der Waals surface area contributed by atoms with Crippen LogP contribution < -0.4 is 14.8 Å². The zero-order valence-corrected chi connectivity index (χ0v) is 40.9. The fourth-order valence-corrected chi connectivity index (χ4v) is 8.99. The second kappa shape index (κ2) is 24.1. The summed E-state index contributed by atoms with van der Waals surface area (Å²) in [7, 11) is 0. The lowest BCUT2D eigenvalue weighted by Crippen LogP contribution is -2.49. The van der Waals surface area contributed by atoms with Crippen LogP contribution in [0, 0.1) is 10.8 Å². The molecule has 0 aromatic heterocycles. The van der Waals surface area contributed by atoms with Gasteiger partial charge in [-0.1, -0.05) is 60.7 Å². The minimum atomic E-state index is -0.430. The third-order valence-electron chi connectivity index (χ3n) is 12.8. The quantitative estimate of drug-likeness (QED) is 0.181. The number of hydrogen-bond donors (Lipinski definition) is 1. The first-order valence-corrected chi connectivity index (χ1v) is 23.6. The molecule has 358 valence electrons. The van der Waals surface area contributed by atoms with E-state index in [2.05, 4.69) is 28.4 Å². The first-order valence-electron chi connectivity index (χ1n) is 23.6.